The van der Waals surface area contributed by atoms with Crippen molar-refractivity contribution in [1.82, 2.24) is 14.9 Å². The van der Waals surface area contributed by atoms with Crippen LogP contribution in [0.15, 0.2) is 17.0 Å². The first-order valence-electron chi connectivity index (χ1n) is 6.97. The van der Waals surface area contributed by atoms with Crippen molar-refractivity contribution in [3.8, 4) is 0 Å². The van der Waals surface area contributed by atoms with Crippen LogP contribution >= 0.6 is 24.8 Å². The van der Waals surface area contributed by atoms with E-state index in [9.17, 15) is 21.6 Å². The van der Waals surface area contributed by atoms with E-state index in [-0.39, 0.29) is 31.4 Å². The Balaban J connectivity index is 0.00000264. The van der Waals surface area contributed by atoms with Crippen molar-refractivity contribution in [2.24, 2.45) is 0 Å². The van der Waals surface area contributed by atoms with Gasteiger partial charge in [-0.25, -0.2) is 26.3 Å². The molecule has 0 saturated carbocycles. The van der Waals surface area contributed by atoms with E-state index in [1.807, 2.05) is 0 Å². The van der Waals surface area contributed by atoms with Gasteiger partial charge in [0.2, 0.25) is 10.0 Å². The Labute approximate surface area is 151 Å². The van der Waals surface area contributed by atoms with Crippen molar-refractivity contribution in [3.63, 3.8) is 0 Å². The summed E-state index contributed by atoms with van der Waals surface area (Å²) in [5.74, 6) is -4.74. The second kappa shape index (κ2) is 10.4. The number of hydrogen-bond donors (Lipinski definition) is 2. The summed E-state index contributed by atoms with van der Waals surface area (Å²) in [4.78, 5) is 1.58. The van der Waals surface area contributed by atoms with Crippen molar-refractivity contribution in [3.05, 3.63) is 29.6 Å². The zero-order valence-electron chi connectivity index (χ0n) is 12.7. The Morgan fingerprint density at radius 3 is 2.17 bits per heavy atom. The largest absolute Gasteiger partial charge is 0.314 e. The molecule has 1 aliphatic rings. The van der Waals surface area contributed by atoms with Crippen LogP contribution in [0, 0.1) is 17.5 Å². The van der Waals surface area contributed by atoms with Gasteiger partial charge in [-0.3, -0.25) is 0 Å². The molecule has 0 bridgehead atoms. The van der Waals surface area contributed by atoms with E-state index in [4.69, 9.17) is 0 Å². The molecule has 1 fully saturated rings. The topological polar surface area (TPSA) is 61.4 Å². The summed E-state index contributed by atoms with van der Waals surface area (Å²) in [6.45, 7) is 4.49. The van der Waals surface area contributed by atoms with Crippen LogP contribution in [0.25, 0.3) is 0 Å². The Bertz CT molecular complexity index is 606. The van der Waals surface area contributed by atoms with E-state index in [0.29, 0.717) is 18.6 Å². The molecular weight excluding hydrogens is 390 g/mol. The SMILES string of the molecule is Cl.Cl.O=S(=O)(NCCCN1CCNCC1)c1cc(F)c(F)c(F)c1. The molecule has 1 saturated heterocycles. The molecule has 0 unspecified atom stereocenters. The standard InChI is InChI=1S/C13H18F3N3O2S.2ClH/c14-11-8-10(9-12(15)13(11)16)22(20,21)18-2-1-5-19-6-3-17-4-7-19;;/h8-9,17-18H,1-7H2;2*1H. The highest BCUT2D eigenvalue weighted by Crippen LogP contribution is 2.17. The molecule has 0 amide bonds. The van der Waals surface area contributed by atoms with Gasteiger partial charge >= 0.3 is 0 Å². The van der Waals surface area contributed by atoms with Crippen LogP contribution in [0.4, 0.5) is 13.2 Å². The monoisotopic (exact) mass is 409 g/mol. The number of hydrogen-bond acceptors (Lipinski definition) is 4. The van der Waals surface area contributed by atoms with Gasteiger partial charge < -0.3 is 10.2 Å². The summed E-state index contributed by atoms with van der Waals surface area (Å²) < 4.78 is 65.1. The molecule has 2 N–H and O–H groups in total. The zero-order chi connectivity index (χ0) is 16.2. The van der Waals surface area contributed by atoms with E-state index in [1.54, 1.807) is 0 Å². The van der Waals surface area contributed by atoms with Crippen molar-refractivity contribution < 1.29 is 21.6 Å². The fourth-order valence-electron chi connectivity index (χ4n) is 2.21. The van der Waals surface area contributed by atoms with Crippen LogP contribution in [-0.4, -0.2) is 52.6 Å². The van der Waals surface area contributed by atoms with Crippen molar-refractivity contribution >= 4 is 34.8 Å². The van der Waals surface area contributed by atoms with Crippen molar-refractivity contribution in [1.29, 1.82) is 0 Å². The third kappa shape index (κ3) is 6.38. The highest BCUT2D eigenvalue weighted by Gasteiger charge is 2.19. The summed E-state index contributed by atoms with van der Waals surface area (Å²) in [5, 5.41) is 3.21. The zero-order valence-corrected chi connectivity index (χ0v) is 15.2. The summed E-state index contributed by atoms with van der Waals surface area (Å²) in [6.07, 6.45) is 0.575. The number of nitrogens with one attached hydrogen (secondary N) is 2. The van der Waals surface area contributed by atoms with Crippen LogP contribution in [0.3, 0.4) is 0 Å². The fraction of sp³-hybridized carbons (Fsp3) is 0.538. The van der Waals surface area contributed by atoms with Gasteiger partial charge in [0.05, 0.1) is 4.90 Å². The molecule has 5 nitrogen and oxygen atoms in total. The van der Waals surface area contributed by atoms with Crippen LogP contribution in [0.2, 0.25) is 0 Å². The molecule has 0 spiro atoms. The van der Waals surface area contributed by atoms with Gasteiger partial charge in [-0.1, -0.05) is 0 Å². The van der Waals surface area contributed by atoms with Gasteiger partial charge in [0.1, 0.15) is 0 Å². The van der Waals surface area contributed by atoms with Crippen molar-refractivity contribution in [2.45, 2.75) is 11.3 Å². The predicted octanol–water partition coefficient (Wildman–Crippen LogP) is 1.52. The number of halogens is 5. The molecule has 1 aromatic rings. The highest BCUT2D eigenvalue weighted by atomic mass is 35.5. The average Bonchev–Trinajstić information content (AvgIpc) is 2.50. The van der Waals surface area contributed by atoms with Crippen LogP contribution < -0.4 is 10.0 Å². The Hall–Kier alpha value is -0.580. The molecule has 0 aliphatic carbocycles. The van der Waals surface area contributed by atoms with E-state index in [0.717, 1.165) is 32.7 Å². The van der Waals surface area contributed by atoms with Gasteiger partial charge in [0.15, 0.2) is 17.5 Å². The Morgan fingerprint density at radius 1 is 1.08 bits per heavy atom. The van der Waals surface area contributed by atoms with Gasteiger partial charge in [-0.05, 0) is 25.1 Å². The smallest absolute Gasteiger partial charge is 0.240 e. The summed E-state index contributed by atoms with van der Waals surface area (Å²) in [7, 11) is -4.05. The molecule has 0 aromatic heterocycles. The minimum absolute atomic E-state index is 0. The van der Waals surface area contributed by atoms with Crippen molar-refractivity contribution in [2.75, 3.05) is 39.3 Å². The molecule has 140 valence electrons. The number of piperazine rings is 1. The maximum atomic E-state index is 13.1. The first-order chi connectivity index (χ1) is 10.4. The Morgan fingerprint density at radius 2 is 1.62 bits per heavy atom. The van der Waals surface area contributed by atoms with Gasteiger partial charge in [-0.2, -0.15) is 0 Å². The lowest BCUT2D eigenvalue weighted by atomic mass is 10.3. The normalized spacial score (nSPS) is 15.5. The van der Waals surface area contributed by atoms with Crippen LogP contribution in [0.5, 0.6) is 0 Å². The highest BCUT2D eigenvalue weighted by molar-refractivity contribution is 7.89. The van der Waals surface area contributed by atoms with E-state index in [2.05, 4.69) is 14.9 Å². The minimum atomic E-state index is -4.05. The molecular formula is C13H20Cl2F3N3O2S. The molecule has 1 aliphatic heterocycles. The minimum Gasteiger partial charge on any atom is -0.314 e. The first kappa shape index (κ1) is 23.4. The lowest BCUT2D eigenvalue weighted by Crippen LogP contribution is -2.44. The second-order valence-corrected chi connectivity index (χ2v) is 6.81. The number of rotatable bonds is 6. The van der Waals surface area contributed by atoms with E-state index >= 15 is 0 Å². The van der Waals surface area contributed by atoms with E-state index in [1.165, 1.54) is 0 Å². The lowest BCUT2D eigenvalue weighted by molar-refractivity contribution is 0.239. The maximum Gasteiger partial charge on any atom is 0.240 e. The molecule has 0 atom stereocenters. The number of benzene rings is 1. The van der Waals surface area contributed by atoms with Gasteiger partial charge in [-0.15, -0.1) is 24.8 Å². The number of sulfonamides is 1. The molecule has 0 radical (unpaired) electrons. The summed E-state index contributed by atoms with van der Waals surface area (Å²) >= 11 is 0. The third-order valence-corrected chi connectivity index (χ3v) is 4.86. The first-order valence-corrected chi connectivity index (χ1v) is 8.46. The summed E-state index contributed by atoms with van der Waals surface area (Å²) in [5.41, 5.74) is 0. The molecule has 24 heavy (non-hydrogen) atoms. The molecule has 1 aromatic carbocycles. The lowest BCUT2D eigenvalue weighted by Gasteiger charge is -2.27. The second-order valence-electron chi connectivity index (χ2n) is 5.04. The van der Waals surface area contributed by atoms with E-state index < -0.39 is 32.4 Å². The third-order valence-electron chi connectivity index (χ3n) is 3.42. The Kier molecular flexibility index (Phi) is 10.2. The molecule has 2 rings (SSSR count). The maximum absolute atomic E-state index is 13.1. The number of nitrogens with zero attached hydrogens (tertiary/aromatic N) is 1. The van der Waals surface area contributed by atoms with Crippen LogP contribution in [0.1, 0.15) is 6.42 Å². The van der Waals surface area contributed by atoms with Gasteiger partial charge in [0.25, 0.3) is 0 Å². The molecule has 1 heterocycles. The van der Waals surface area contributed by atoms with Crippen LogP contribution in [-0.2, 0) is 10.0 Å². The van der Waals surface area contributed by atoms with Gasteiger partial charge in [0, 0.05) is 32.7 Å². The quantitative estimate of drug-likeness (QED) is 0.552. The fourth-order valence-corrected chi connectivity index (χ4v) is 3.31. The average molecular weight is 410 g/mol. The molecule has 11 heteroatoms. The summed E-state index contributed by atoms with van der Waals surface area (Å²) in [6, 6.07) is 0.939. The predicted molar refractivity (Wildman–Crippen MR) is 89.9 cm³/mol.